The summed E-state index contributed by atoms with van der Waals surface area (Å²) in [5.41, 5.74) is -0.149. The Kier molecular flexibility index (Phi) is 2.66. The van der Waals surface area contributed by atoms with Gasteiger partial charge < -0.3 is 4.42 Å². The van der Waals surface area contributed by atoms with Crippen LogP contribution in [0, 0.1) is 0 Å². The first-order valence-electron chi connectivity index (χ1n) is 5.86. The first kappa shape index (κ1) is 12.3. The molecule has 0 N–H and O–H groups in total. The minimum absolute atomic E-state index is 0.191. The molecule has 2 aromatic rings. The van der Waals surface area contributed by atoms with Gasteiger partial charge >= 0.3 is 6.18 Å². The van der Waals surface area contributed by atoms with Gasteiger partial charge in [0.2, 0.25) is 0 Å². The van der Waals surface area contributed by atoms with Gasteiger partial charge in [0.25, 0.3) is 0 Å². The Morgan fingerprint density at radius 1 is 1.00 bits per heavy atom. The third-order valence-corrected chi connectivity index (χ3v) is 3.20. The summed E-state index contributed by atoms with van der Waals surface area (Å²) < 4.78 is 55.6. The van der Waals surface area contributed by atoms with Gasteiger partial charge in [-0.1, -0.05) is 12.1 Å². The number of hydrogen-bond acceptors (Lipinski definition) is 1. The fourth-order valence-electron chi connectivity index (χ4n) is 1.99. The van der Waals surface area contributed by atoms with Crippen molar-refractivity contribution in [3.05, 3.63) is 47.7 Å². The highest BCUT2D eigenvalue weighted by Gasteiger charge is 2.41. The van der Waals surface area contributed by atoms with E-state index in [0.717, 1.165) is 12.1 Å². The maximum Gasteiger partial charge on any atom is 0.416 e. The van der Waals surface area contributed by atoms with E-state index in [1.807, 2.05) is 0 Å². The molecule has 100 valence electrons. The lowest BCUT2D eigenvalue weighted by Gasteiger charge is -2.06. The van der Waals surface area contributed by atoms with Crippen LogP contribution in [0.3, 0.4) is 0 Å². The maximum atomic E-state index is 12.9. The van der Waals surface area contributed by atoms with Crippen molar-refractivity contribution in [2.75, 3.05) is 0 Å². The van der Waals surface area contributed by atoms with Crippen LogP contribution in [0.25, 0.3) is 11.3 Å². The standard InChI is InChI=1S/C14H10F4O/c15-11-7-10(11)13-6-5-12(19-13)8-1-3-9(4-2-8)14(16,17)18/h1-6,10-11H,7H2. The Bertz CT molecular complexity index is 582. The molecule has 2 unspecified atom stereocenters. The first-order valence-corrected chi connectivity index (χ1v) is 5.86. The van der Waals surface area contributed by atoms with Crippen molar-refractivity contribution >= 4 is 0 Å². The molecule has 3 rings (SSSR count). The summed E-state index contributed by atoms with van der Waals surface area (Å²) in [5, 5.41) is 0. The normalized spacial score (nSPS) is 22.5. The molecule has 0 aliphatic heterocycles. The average molecular weight is 270 g/mol. The Hall–Kier alpha value is -1.78. The minimum atomic E-state index is -4.34. The van der Waals surface area contributed by atoms with Gasteiger partial charge in [-0.3, -0.25) is 0 Å². The Morgan fingerprint density at radius 2 is 1.63 bits per heavy atom. The lowest BCUT2D eigenvalue weighted by molar-refractivity contribution is -0.137. The van der Waals surface area contributed by atoms with E-state index in [9.17, 15) is 17.6 Å². The summed E-state index contributed by atoms with van der Waals surface area (Å²) in [4.78, 5) is 0. The zero-order valence-corrected chi connectivity index (χ0v) is 9.75. The second-order valence-electron chi connectivity index (χ2n) is 4.64. The van der Waals surface area contributed by atoms with Crippen LogP contribution in [0.1, 0.15) is 23.7 Å². The number of halogens is 4. The van der Waals surface area contributed by atoms with Crippen LogP contribution in [0.2, 0.25) is 0 Å². The van der Waals surface area contributed by atoms with Crippen molar-refractivity contribution in [1.82, 2.24) is 0 Å². The quantitative estimate of drug-likeness (QED) is 0.715. The molecule has 1 aliphatic rings. The molecule has 5 heteroatoms. The smallest absolute Gasteiger partial charge is 0.416 e. The predicted molar refractivity (Wildman–Crippen MR) is 61.4 cm³/mol. The molecule has 0 spiro atoms. The molecule has 1 heterocycles. The number of hydrogen-bond donors (Lipinski definition) is 0. The summed E-state index contributed by atoms with van der Waals surface area (Å²) in [5.74, 6) is 0.827. The third-order valence-electron chi connectivity index (χ3n) is 3.20. The van der Waals surface area contributed by atoms with E-state index in [-0.39, 0.29) is 5.92 Å². The summed E-state index contributed by atoms with van der Waals surface area (Å²) in [6.07, 6.45) is -4.74. The first-order chi connectivity index (χ1) is 8.95. The minimum Gasteiger partial charge on any atom is -0.461 e. The zero-order valence-electron chi connectivity index (χ0n) is 9.75. The Morgan fingerprint density at radius 3 is 2.16 bits per heavy atom. The molecular weight excluding hydrogens is 260 g/mol. The van der Waals surface area contributed by atoms with Crippen LogP contribution < -0.4 is 0 Å². The number of furan rings is 1. The predicted octanol–water partition coefficient (Wildman–Crippen LogP) is 4.79. The number of alkyl halides is 4. The lowest BCUT2D eigenvalue weighted by Crippen LogP contribution is -2.03. The van der Waals surface area contributed by atoms with E-state index in [1.54, 1.807) is 12.1 Å². The van der Waals surface area contributed by atoms with Crippen LogP contribution in [0.5, 0.6) is 0 Å². The second kappa shape index (κ2) is 4.11. The Labute approximate surface area is 106 Å². The van der Waals surface area contributed by atoms with Gasteiger partial charge in [0.15, 0.2) is 0 Å². The highest BCUT2D eigenvalue weighted by molar-refractivity contribution is 5.58. The van der Waals surface area contributed by atoms with Gasteiger partial charge in [-0.15, -0.1) is 0 Å². The second-order valence-corrected chi connectivity index (χ2v) is 4.64. The molecule has 1 saturated carbocycles. The Balaban J connectivity index is 1.84. The van der Waals surface area contributed by atoms with Crippen molar-refractivity contribution in [2.45, 2.75) is 24.7 Å². The molecule has 19 heavy (non-hydrogen) atoms. The topological polar surface area (TPSA) is 13.1 Å². The van der Waals surface area contributed by atoms with E-state index in [0.29, 0.717) is 23.5 Å². The van der Waals surface area contributed by atoms with Crippen LogP contribution in [0.4, 0.5) is 17.6 Å². The van der Waals surface area contributed by atoms with Gasteiger partial charge in [-0.25, -0.2) is 4.39 Å². The summed E-state index contributed by atoms with van der Waals surface area (Å²) >= 11 is 0. The van der Waals surface area contributed by atoms with Crippen molar-refractivity contribution in [3.8, 4) is 11.3 Å². The van der Waals surface area contributed by atoms with Crippen molar-refractivity contribution in [1.29, 1.82) is 0 Å². The highest BCUT2D eigenvalue weighted by atomic mass is 19.4. The van der Waals surface area contributed by atoms with E-state index >= 15 is 0 Å². The fraction of sp³-hybridized carbons (Fsp3) is 0.286. The molecule has 0 bridgehead atoms. The molecule has 1 aliphatic carbocycles. The summed E-state index contributed by atoms with van der Waals surface area (Å²) in [7, 11) is 0. The largest absolute Gasteiger partial charge is 0.461 e. The average Bonchev–Trinajstić information content (AvgIpc) is 2.91. The van der Waals surface area contributed by atoms with E-state index < -0.39 is 17.9 Å². The maximum absolute atomic E-state index is 12.9. The van der Waals surface area contributed by atoms with E-state index in [4.69, 9.17) is 4.42 Å². The van der Waals surface area contributed by atoms with Gasteiger partial charge in [0.1, 0.15) is 17.7 Å². The van der Waals surface area contributed by atoms with Crippen LogP contribution in [-0.2, 0) is 6.18 Å². The molecule has 0 radical (unpaired) electrons. The molecule has 2 atom stereocenters. The summed E-state index contributed by atoms with van der Waals surface area (Å²) in [6.45, 7) is 0. The third kappa shape index (κ3) is 2.37. The van der Waals surface area contributed by atoms with Crippen LogP contribution in [0.15, 0.2) is 40.8 Å². The lowest BCUT2D eigenvalue weighted by atomic mass is 10.1. The van der Waals surface area contributed by atoms with E-state index in [2.05, 4.69) is 0 Å². The van der Waals surface area contributed by atoms with Crippen LogP contribution in [-0.4, -0.2) is 6.17 Å². The molecule has 0 amide bonds. The SMILES string of the molecule is FC1CC1c1ccc(-c2ccc(C(F)(F)F)cc2)o1. The van der Waals surface area contributed by atoms with Crippen LogP contribution >= 0.6 is 0 Å². The van der Waals surface area contributed by atoms with Gasteiger partial charge in [0, 0.05) is 5.56 Å². The summed E-state index contributed by atoms with van der Waals surface area (Å²) in [6, 6.07) is 8.05. The fourth-order valence-corrected chi connectivity index (χ4v) is 1.99. The number of rotatable bonds is 2. The molecule has 1 aromatic carbocycles. The van der Waals surface area contributed by atoms with Crippen molar-refractivity contribution < 1.29 is 22.0 Å². The zero-order chi connectivity index (χ0) is 13.6. The molecule has 1 fully saturated rings. The van der Waals surface area contributed by atoms with Crippen molar-refractivity contribution in [3.63, 3.8) is 0 Å². The molecular formula is C14H10F4O. The van der Waals surface area contributed by atoms with Gasteiger partial charge in [0.05, 0.1) is 11.5 Å². The molecule has 1 aromatic heterocycles. The van der Waals surface area contributed by atoms with Gasteiger partial charge in [-0.2, -0.15) is 13.2 Å². The number of benzene rings is 1. The monoisotopic (exact) mass is 270 g/mol. The van der Waals surface area contributed by atoms with Gasteiger partial charge in [-0.05, 0) is 30.7 Å². The molecule has 1 nitrogen and oxygen atoms in total. The highest BCUT2D eigenvalue weighted by Crippen LogP contribution is 2.45. The van der Waals surface area contributed by atoms with Crippen molar-refractivity contribution in [2.24, 2.45) is 0 Å². The van der Waals surface area contributed by atoms with E-state index in [1.165, 1.54) is 12.1 Å². The molecule has 0 saturated heterocycles.